The minimum Gasteiger partial charge on any atom is -0.496 e. The summed E-state index contributed by atoms with van der Waals surface area (Å²) in [5.41, 5.74) is 2.25. The number of hydrazone groups is 1. The van der Waals surface area contributed by atoms with Crippen molar-refractivity contribution in [3.05, 3.63) is 128 Å². The van der Waals surface area contributed by atoms with Gasteiger partial charge in [-0.15, -0.1) is 21.5 Å². The van der Waals surface area contributed by atoms with Crippen molar-refractivity contribution < 1.29 is 23.6 Å². The van der Waals surface area contributed by atoms with Gasteiger partial charge in [-0.05, 0) is 53.4 Å². The fraction of sp³-hybridized carbons (Fsp3) is 0.156. The third-order valence-corrected chi connectivity index (χ3v) is 9.16. The molecule has 0 bridgehead atoms. The van der Waals surface area contributed by atoms with E-state index in [-0.39, 0.29) is 29.7 Å². The van der Waals surface area contributed by atoms with Gasteiger partial charge in [-0.2, -0.15) is 5.10 Å². The van der Waals surface area contributed by atoms with Gasteiger partial charge in [0.25, 0.3) is 17.5 Å². The van der Waals surface area contributed by atoms with Crippen molar-refractivity contribution in [3.63, 3.8) is 0 Å². The molecule has 5 aromatic rings. The van der Waals surface area contributed by atoms with Crippen molar-refractivity contribution in [2.45, 2.75) is 24.2 Å². The van der Waals surface area contributed by atoms with E-state index in [2.05, 4.69) is 20.6 Å². The van der Waals surface area contributed by atoms with E-state index in [0.29, 0.717) is 34.4 Å². The number of thioether (sulfide) groups is 1. The van der Waals surface area contributed by atoms with Crippen molar-refractivity contribution in [3.8, 4) is 11.4 Å². The third-order valence-electron chi connectivity index (χ3n) is 7.33. The Morgan fingerprint density at radius 3 is 2.53 bits per heavy atom. The number of nitro groups is 1. The molecule has 2 amide bonds. The summed E-state index contributed by atoms with van der Waals surface area (Å²) in [4.78, 5) is 38.4. The molecule has 0 radical (unpaired) electrons. The first-order valence-corrected chi connectivity index (χ1v) is 16.1. The number of benzene rings is 3. The summed E-state index contributed by atoms with van der Waals surface area (Å²) in [7, 11) is 1.47. The number of methoxy groups -OCH3 is 1. The Hall–Kier alpha value is -5.41. The predicted octanol–water partition coefficient (Wildman–Crippen LogP) is 5.78. The first kappa shape index (κ1) is 31.6. The van der Waals surface area contributed by atoms with Gasteiger partial charge >= 0.3 is 0 Å². The minimum atomic E-state index is -0.503. The topological polar surface area (TPSA) is 145 Å². The second kappa shape index (κ2) is 13.9. The summed E-state index contributed by atoms with van der Waals surface area (Å²) < 4.78 is 20.6. The molecular weight excluding hydrogens is 646 g/mol. The van der Waals surface area contributed by atoms with Crippen LogP contribution in [0.1, 0.15) is 39.1 Å². The maximum absolute atomic E-state index is 13.7. The lowest BCUT2D eigenvalue weighted by molar-refractivity contribution is -0.384. The van der Waals surface area contributed by atoms with Gasteiger partial charge in [-0.3, -0.25) is 24.3 Å². The molecule has 238 valence electrons. The summed E-state index contributed by atoms with van der Waals surface area (Å²) in [6.45, 7) is -0.0391. The van der Waals surface area contributed by atoms with Crippen LogP contribution in [-0.4, -0.2) is 55.1 Å². The Morgan fingerprint density at radius 1 is 1.06 bits per heavy atom. The zero-order chi connectivity index (χ0) is 32.9. The van der Waals surface area contributed by atoms with Gasteiger partial charge in [0.2, 0.25) is 0 Å². The number of nitrogens with one attached hydrogen (secondary N) is 1. The number of nitrogens with zero attached hydrogens (tertiary/aromatic N) is 6. The number of rotatable bonds is 11. The molecule has 0 fully saturated rings. The molecule has 0 aliphatic carbocycles. The number of ether oxygens (including phenoxy) is 1. The molecule has 0 saturated carbocycles. The number of para-hydroxylation sites is 1. The molecule has 47 heavy (non-hydrogen) atoms. The van der Waals surface area contributed by atoms with Crippen molar-refractivity contribution >= 4 is 46.3 Å². The molecule has 0 unspecified atom stereocenters. The highest BCUT2D eigenvalue weighted by Gasteiger charge is 2.34. The third kappa shape index (κ3) is 6.90. The fourth-order valence-corrected chi connectivity index (χ4v) is 6.59. The quantitative estimate of drug-likeness (QED) is 0.106. The highest BCUT2D eigenvalue weighted by Crippen LogP contribution is 2.35. The Bertz CT molecular complexity index is 1950. The zero-order valence-corrected chi connectivity index (χ0v) is 26.4. The lowest BCUT2D eigenvalue weighted by Gasteiger charge is -2.22. The second-order valence-electron chi connectivity index (χ2n) is 10.2. The van der Waals surface area contributed by atoms with Gasteiger partial charge in [-0.1, -0.05) is 42.1 Å². The van der Waals surface area contributed by atoms with Gasteiger partial charge in [-0.25, -0.2) is 9.40 Å². The van der Waals surface area contributed by atoms with Crippen LogP contribution in [0.4, 0.5) is 10.1 Å². The van der Waals surface area contributed by atoms with Gasteiger partial charge in [0.15, 0.2) is 11.0 Å². The number of carbonyl (C=O) groups is 2. The van der Waals surface area contributed by atoms with Crippen LogP contribution in [0.3, 0.4) is 0 Å². The standard InChI is InChI=1S/C32H26FN7O5S2/c1-45-27-6-3-2-5-24(27)31(42)34-18-29-35-36-32(38(29)22-12-14-23(15-13-22)40(43)44)47-19-30(41)39-26(20-8-10-21(33)11-9-20)17-25(37-39)28-7-4-16-46-28/h2-16,26H,17-19H2,1H3,(H,34,42)/t26-/m1/s1. The summed E-state index contributed by atoms with van der Waals surface area (Å²) >= 11 is 2.63. The number of non-ortho nitro benzene ring substituents is 1. The van der Waals surface area contributed by atoms with Gasteiger partial charge in [0, 0.05) is 24.2 Å². The first-order chi connectivity index (χ1) is 22.8. The van der Waals surface area contributed by atoms with Crippen LogP contribution in [0.5, 0.6) is 5.75 Å². The van der Waals surface area contributed by atoms with E-state index in [1.807, 2.05) is 17.5 Å². The number of aromatic nitrogens is 3. The number of nitro benzene ring substituents is 1. The summed E-state index contributed by atoms with van der Waals surface area (Å²) in [6, 6.07) is 22.0. The highest BCUT2D eigenvalue weighted by molar-refractivity contribution is 7.99. The molecule has 3 aromatic carbocycles. The smallest absolute Gasteiger partial charge is 0.269 e. The molecular formula is C32H26FN7O5S2. The molecule has 6 rings (SSSR count). The summed E-state index contributed by atoms with van der Waals surface area (Å²) in [5, 5.41) is 31.0. The van der Waals surface area contributed by atoms with Crippen LogP contribution < -0.4 is 10.1 Å². The predicted molar refractivity (Wildman–Crippen MR) is 174 cm³/mol. The lowest BCUT2D eigenvalue weighted by Crippen LogP contribution is -2.28. The number of amides is 2. The van der Waals surface area contributed by atoms with E-state index in [9.17, 15) is 24.1 Å². The lowest BCUT2D eigenvalue weighted by atomic mass is 10.0. The summed E-state index contributed by atoms with van der Waals surface area (Å²) in [5.74, 6) is -0.411. The first-order valence-electron chi connectivity index (χ1n) is 14.2. The van der Waals surface area contributed by atoms with Gasteiger partial charge < -0.3 is 10.1 Å². The molecule has 12 nitrogen and oxygen atoms in total. The SMILES string of the molecule is COc1ccccc1C(=O)NCc1nnc(SCC(=O)N2N=C(c3cccs3)C[C@@H]2c2ccc(F)cc2)n1-c1ccc([N+](=O)[O-])cc1. The molecule has 2 aromatic heterocycles. The number of carbonyl (C=O) groups excluding carboxylic acids is 2. The average molecular weight is 672 g/mol. The van der Waals surface area contributed by atoms with Crippen molar-refractivity contribution in [1.29, 1.82) is 0 Å². The highest BCUT2D eigenvalue weighted by atomic mass is 32.2. The van der Waals surface area contributed by atoms with E-state index >= 15 is 0 Å². The Morgan fingerprint density at radius 2 is 1.83 bits per heavy atom. The van der Waals surface area contributed by atoms with Gasteiger partial charge in [0.05, 0.1) is 46.5 Å². The van der Waals surface area contributed by atoms with E-state index in [1.165, 1.54) is 47.7 Å². The van der Waals surface area contributed by atoms with Crippen LogP contribution in [0.2, 0.25) is 0 Å². The van der Waals surface area contributed by atoms with E-state index in [4.69, 9.17) is 4.74 Å². The van der Waals surface area contributed by atoms with Crippen LogP contribution in [0.15, 0.2) is 101 Å². The average Bonchev–Trinajstić information content (AvgIpc) is 3.87. The Labute approximate surface area is 276 Å². The molecule has 1 atom stereocenters. The summed E-state index contributed by atoms with van der Waals surface area (Å²) in [6.07, 6.45) is 0.470. The monoisotopic (exact) mass is 671 g/mol. The number of hydrogen-bond acceptors (Lipinski definition) is 10. The maximum Gasteiger partial charge on any atom is 0.269 e. The largest absolute Gasteiger partial charge is 0.496 e. The van der Waals surface area contributed by atoms with Crippen molar-refractivity contribution in [2.24, 2.45) is 5.10 Å². The number of halogens is 1. The van der Waals surface area contributed by atoms with Crippen LogP contribution in [0, 0.1) is 15.9 Å². The molecule has 1 aliphatic heterocycles. The van der Waals surface area contributed by atoms with Crippen molar-refractivity contribution in [2.75, 3.05) is 12.9 Å². The van der Waals surface area contributed by atoms with Crippen LogP contribution >= 0.6 is 23.1 Å². The fourth-order valence-electron chi connectivity index (χ4n) is 5.05. The molecule has 0 saturated heterocycles. The minimum absolute atomic E-state index is 0.0391. The normalized spacial score (nSPS) is 14.1. The number of thiophene rings is 1. The number of hydrogen-bond donors (Lipinski definition) is 1. The molecule has 3 heterocycles. The van der Waals surface area contributed by atoms with Crippen molar-refractivity contribution in [1.82, 2.24) is 25.1 Å². The molecule has 1 aliphatic rings. The Kier molecular flexibility index (Phi) is 9.35. The van der Waals surface area contributed by atoms with Crippen LogP contribution in [0.25, 0.3) is 5.69 Å². The van der Waals surface area contributed by atoms with E-state index in [1.54, 1.807) is 53.1 Å². The zero-order valence-electron chi connectivity index (χ0n) is 24.8. The molecule has 0 spiro atoms. The van der Waals surface area contributed by atoms with E-state index < -0.39 is 16.9 Å². The molecule has 1 N–H and O–H groups in total. The van der Waals surface area contributed by atoms with Gasteiger partial charge in [0.1, 0.15) is 11.6 Å². The van der Waals surface area contributed by atoms with Crippen LogP contribution in [-0.2, 0) is 11.3 Å². The molecule has 15 heteroatoms. The second-order valence-corrected chi connectivity index (χ2v) is 12.1. The van der Waals surface area contributed by atoms with E-state index in [0.717, 1.165) is 27.9 Å². The maximum atomic E-state index is 13.7. The Balaban J connectivity index is 1.25.